The maximum atomic E-state index is 11.6. The molecule has 0 aromatic carbocycles. The molecule has 0 radical (unpaired) electrons. The summed E-state index contributed by atoms with van der Waals surface area (Å²) in [6, 6.07) is 5.25. The van der Waals surface area contributed by atoms with E-state index in [2.05, 4.69) is 25.2 Å². The van der Waals surface area contributed by atoms with Gasteiger partial charge in [0.05, 0.1) is 11.5 Å². The monoisotopic (exact) mass is 345 g/mol. The van der Waals surface area contributed by atoms with Crippen molar-refractivity contribution in [2.24, 2.45) is 0 Å². The number of piperazine rings is 1. The lowest BCUT2D eigenvalue weighted by Crippen LogP contribution is -2.47. The Kier molecular flexibility index (Phi) is 5.31. The summed E-state index contributed by atoms with van der Waals surface area (Å²) >= 11 is 0. The van der Waals surface area contributed by atoms with Crippen LogP contribution in [0.1, 0.15) is 0 Å². The van der Waals surface area contributed by atoms with Gasteiger partial charge in [-0.1, -0.05) is 6.07 Å². The van der Waals surface area contributed by atoms with E-state index in [1.165, 1.54) is 6.33 Å². The molecule has 3 heterocycles. The molecule has 1 aliphatic heterocycles. The molecule has 0 unspecified atom stereocenters. The molecule has 0 spiro atoms. The average Bonchev–Trinajstić information content (AvgIpc) is 2.63. The van der Waals surface area contributed by atoms with E-state index in [0.29, 0.717) is 44.4 Å². The fourth-order valence-corrected chi connectivity index (χ4v) is 2.74. The maximum Gasteiger partial charge on any atom is 0.353 e. The van der Waals surface area contributed by atoms with Gasteiger partial charge in [-0.05, 0) is 12.1 Å². The van der Waals surface area contributed by atoms with Crippen LogP contribution in [-0.2, 0) is 0 Å². The predicted octanol–water partition coefficient (Wildman–Crippen LogP) is 0.638. The lowest BCUT2D eigenvalue weighted by Gasteiger charge is -2.34. The number of pyridine rings is 1. The molecule has 0 aliphatic carbocycles. The van der Waals surface area contributed by atoms with Crippen LogP contribution >= 0.6 is 0 Å². The summed E-state index contributed by atoms with van der Waals surface area (Å²) in [5, 5.41) is 23.5. The number of anilines is 3. The van der Waals surface area contributed by atoms with Crippen LogP contribution in [0, 0.1) is 10.1 Å². The van der Waals surface area contributed by atoms with Crippen LogP contribution in [0.2, 0.25) is 0 Å². The minimum Gasteiger partial charge on any atom is -0.395 e. The maximum absolute atomic E-state index is 11.6. The lowest BCUT2D eigenvalue weighted by atomic mass is 10.3. The third kappa shape index (κ3) is 3.98. The van der Waals surface area contributed by atoms with Crippen molar-refractivity contribution in [2.75, 3.05) is 49.5 Å². The van der Waals surface area contributed by atoms with Crippen LogP contribution < -0.4 is 10.2 Å². The van der Waals surface area contributed by atoms with Crippen LogP contribution in [0.5, 0.6) is 0 Å². The van der Waals surface area contributed by atoms with Gasteiger partial charge >= 0.3 is 5.69 Å². The highest BCUT2D eigenvalue weighted by molar-refractivity contribution is 5.73. The SMILES string of the molecule is O=[N+]([O-])c1c(Nc2ccccn2)ncnc1N1CCN(CCO)CC1. The van der Waals surface area contributed by atoms with Gasteiger partial charge in [0.2, 0.25) is 11.6 Å². The molecule has 25 heavy (non-hydrogen) atoms. The molecule has 1 saturated heterocycles. The average molecular weight is 345 g/mol. The molecule has 1 fully saturated rings. The Balaban J connectivity index is 1.85. The number of aliphatic hydroxyl groups is 1. The van der Waals surface area contributed by atoms with Crippen LogP contribution in [0.3, 0.4) is 0 Å². The van der Waals surface area contributed by atoms with Crippen molar-refractivity contribution in [3.63, 3.8) is 0 Å². The minimum atomic E-state index is -0.472. The Bertz CT molecular complexity index is 720. The Morgan fingerprint density at radius 2 is 2.00 bits per heavy atom. The number of rotatable bonds is 6. The van der Waals surface area contributed by atoms with Crippen LogP contribution in [0.15, 0.2) is 30.7 Å². The molecule has 0 bridgehead atoms. The fourth-order valence-electron chi connectivity index (χ4n) is 2.74. The number of aromatic nitrogens is 3. The molecule has 132 valence electrons. The van der Waals surface area contributed by atoms with E-state index in [-0.39, 0.29) is 18.1 Å². The smallest absolute Gasteiger partial charge is 0.353 e. The number of nitrogens with one attached hydrogen (secondary N) is 1. The number of β-amino-alcohol motifs (C(OH)–C–C–N with tert-alkyl or cyclic N) is 1. The molecule has 0 saturated carbocycles. The summed E-state index contributed by atoms with van der Waals surface area (Å²) in [7, 11) is 0. The topological polar surface area (TPSA) is 121 Å². The van der Waals surface area contributed by atoms with Crippen molar-refractivity contribution >= 4 is 23.1 Å². The van der Waals surface area contributed by atoms with Gasteiger partial charge in [0.25, 0.3) is 0 Å². The zero-order chi connectivity index (χ0) is 17.6. The summed E-state index contributed by atoms with van der Waals surface area (Å²) in [5.74, 6) is 0.886. The van der Waals surface area contributed by atoms with Crippen molar-refractivity contribution in [1.29, 1.82) is 0 Å². The van der Waals surface area contributed by atoms with Crippen molar-refractivity contribution < 1.29 is 10.0 Å². The Morgan fingerprint density at radius 1 is 1.20 bits per heavy atom. The van der Waals surface area contributed by atoms with Crippen LogP contribution in [0.4, 0.5) is 23.1 Å². The van der Waals surface area contributed by atoms with E-state index in [0.717, 1.165) is 0 Å². The van der Waals surface area contributed by atoms with Crippen molar-refractivity contribution in [2.45, 2.75) is 0 Å². The first kappa shape index (κ1) is 17.0. The molecular weight excluding hydrogens is 326 g/mol. The number of nitro groups is 1. The van der Waals surface area contributed by atoms with E-state index in [4.69, 9.17) is 5.11 Å². The lowest BCUT2D eigenvalue weighted by molar-refractivity contribution is -0.383. The van der Waals surface area contributed by atoms with Crippen molar-refractivity contribution in [3.05, 3.63) is 40.8 Å². The van der Waals surface area contributed by atoms with Crippen molar-refractivity contribution in [3.8, 4) is 0 Å². The minimum absolute atomic E-state index is 0.103. The molecule has 3 rings (SSSR count). The Hall–Kier alpha value is -2.85. The fraction of sp³-hybridized carbons (Fsp3) is 0.400. The quantitative estimate of drug-likeness (QED) is 0.574. The highest BCUT2D eigenvalue weighted by Gasteiger charge is 2.29. The zero-order valence-electron chi connectivity index (χ0n) is 13.6. The third-order valence-electron chi connectivity index (χ3n) is 3.98. The third-order valence-corrected chi connectivity index (χ3v) is 3.98. The molecule has 1 aliphatic rings. The number of nitrogens with zero attached hydrogens (tertiary/aromatic N) is 6. The molecule has 2 N–H and O–H groups in total. The first-order chi connectivity index (χ1) is 12.2. The second kappa shape index (κ2) is 7.81. The number of hydrogen-bond acceptors (Lipinski definition) is 9. The summed E-state index contributed by atoms with van der Waals surface area (Å²) in [6.45, 7) is 3.33. The largest absolute Gasteiger partial charge is 0.395 e. The van der Waals surface area contributed by atoms with Gasteiger partial charge in [0.1, 0.15) is 12.1 Å². The normalized spacial score (nSPS) is 15.2. The summed E-state index contributed by atoms with van der Waals surface area (Å²) in [4.78, 5) is 27.4. The Morgan fingerprint density at radius 3 is 2.64 bits per heavy atom. The second-order valence-electron chi connectivity index (χ2n) is 5.54. The van der Waals surface area contributed by atoms with Crippen LogP contribution in [0.25, 0.3) is 0 Å². The van der Waals surface area contributed by atoms with Gasteiger partial charge < -0.3 is 15.3 Å². The Labute approximate surface area is 144 Å². The van der Waals surface area contributed by atoms with Gasteiger partial charge in [-0.3, -0.25) is 15.0 Å². The molecule has 0 atom stereocenters. The van der Waals surface area contributed by atoms with Gasteiger partial charge in [-0.25, -0.2) is 15.0 Å². The first-order valence-corrected chi connectivity index (χ1v) is 7.94. The second-order valence-corrected chi connectivity index (χ2v) is 5.54. The van der Waals surface area contributed by atoms with E-state index in [9.17, 15) is 10.1 Å². The summed E-state index contributed by atoms with van der Waals surface area (Å²) in [5.41, 5.74) is -0.163. The standard InChI is InChI=1S/C15H19N7O3/c23-10-9-20-5-7-21(8-6-20)15-13(22(24)25)14(17-11-18-15)19-12-3-1-2-4-16-12/h1-4,11,23H,5-10H2,(H,16,17,18,19). The molecule has 0 amide bonds. The van der Waals surface area contributed by atoms with E-state index < -0.39 is 4.92 Å². The van der Waals surface area contributed by atoms with Crippen LogP contribution in [-0.4, -0.2) is 69.2 Å². The summed E-state index contributed by atoms with van der Waals surface area (Å²) < 4.78 is 0. The highest BCUT2D eigenvalue weighted by Crippen LogP contribution is 2.33. The van der Waals surface area contributed by atoms with E-state index >= 15 is 0 Å². The number of hydrogen-bond donors (Lipinski definition) is 2. The molecule has 2 aromatic heterocycles. The van der Waals surface area contributed by atoms with Crippen molar-refractivity contribution in [1.82, 2.24) is 19.9 Å². The van der Waals surface area contributed by atoms with E-state index in [1.54, 1.807) is 24.4 Å². The molecular formula is C15H19N7O3. The molecule has 2 aromatic rings. The van der Waals surface area contributed by atoms with E-state index in [1.807, 2.05) is 4.90 Å². The van der Waals surface area contributed by atoms with Gasteiger partial charge in [0.15, 0.2) is 0 Å². The van der Waals surface area contributed by atoms with Gasteiger partial charge in [0, 0.05) is 38.9 Å². The molecule has 10 heteroatoms. The predicted molar refractivity (Wildman–Crippen MR) is 91.9 cm³/mol. The zero-order valence-corrected chi connectivity index (χ0v) is 13.6. The first-order valence-electron chi connectivity index (χ1n) is 7.94. The molecule has 10 nitrogen and oxygen atoms in total. The number of aliphatic hydroxyl groups excluding tert-OH is 1. The summed E-state index contributed by atoms with van der Waals surface area (Å²) in [6.07, 6.45) is 2.91. The van der Waals surface area contributed by atoms with Gasteiger partial charge in [-0.15, -0.1) is 0 Å². The van der Waals surface area contributed by atoms with Gasteiger partial charge in [-0.2, -0.15) is 0 Å². The highest BCUT2D eigenvalue weighted by atomic mass is 16.6.